The largest absolute Gasteiger partial charge is 0.486 e. The second kappa shape index (κ2) is 12.2. The topological polar surface area (TPSA) is 148 Å². The molecule has 3 aromatic heterocycles. The Labute approximate surface area is 243 Å². The average Bonchev–Trinajstić information content (AvgIpc) is 2.94. The molecular formula is C29H36N6O7. The van der Waals surface area contributed by atoms with Gasteiger partial charge in [-0.3, -0.25) is 25.0 Å². The minimum atomic E-state index is -0.990. The molecule has 2 aliphatic heterocycles. The lowest BCUT2D eigenvalue weighted by molar-refractivity contribution is 0.0635. The van der Waals surface area contributed by atoms with E-state index in [4.69, 9.17) is 14.2 Å². The molecule has 0 atom stereocenters. The quantitative estimate of drug-likeness (QED) is 0.425. The van der Waals surface area contributed by atoms with E-state index in [9.17, 15) is 19.5 Å². The van der Waals surface area contributed by atoms with E-state index in [1.807, 2.05) is 0 Å². The van der Waals surface area contributed by atoms with Crippen LogP contribution in [-0.2, 0) is 17.8 Å². The standard InChI is InChI=1S/C29H36N6O7/c1-29(2,3)42-27(37)32-19-14-23-22(31-16-19)4-5-26(36)34(23)11-10-33-8-6-21(7-9-33)35(28(38)39)18-20-15-24-25(17-30-20)41-13-12-40-24/h4-5,14-17,21H,6-13,18H2,1-3H3,(H,32,37)(H,38,39). The lowest BCUT2D eigenvalue weighted by atomic mass is 10.0. The predicted octanol–water partition coefficient (Wildman–Crippen LogP) is 3.55. The first-order valence-electron chi connectivity index (χ1n) is 14.0. The fourth-order valence-electron chi connectivity index (χ4n) is 5.19. The van der Waals surface area contributed by atoms with E-state index in [1.165, 1.54) is 17.2 Å². The number of aromatic nitrogens is 3. The third-order valence-corrected chi connectivity index (χ3v) is 7.19. The molecule has 1 saturated heterocycles. The van der Waals surface area contributed by atoms with Gasteiger partial charge < -0.3 is 28.8 Å². The summed E-state index contributed by atoms with van der Waals surface area (Å²) in [7, 11) is 0. The van der Waals surface area contributed by atoms with E-state index < -0.39 is 17.8 Å². The zero-order valence-corrected chi connectivity index (χ0v) is 24.0. The number of amides is 2. The number of pyridine rings is 3. The first kappa shape index (κ1) is 29.1. The van der Waals surface area contributed by atoms with Crippen LogP contribution in [0.15, 0.2) is 41.5 Å². The summed E-state index contributed by atoms with van der Waals surface area (Å²) in [5.74, 6) is 1.15. The Hall–Kier alpha value is -4.39. The van der Waals surface area contributed by atoms with E-state index >= 15 is 0 Å². The number of carbonyl (C=O) groups is 2. The Morgan fingerprint density at radius 1 is 1.07 bits per heavy atom. The smallest absolute Gasteiger partial charge is 0.412 e. The van der Waals surface area contributed by atoms with Crippen LogP contribution in [0.4, 0.5) is 15.3 Å². The predicted molar refractivity (Wildman–Crippen MR) is 154 cm³/mol. The molecule has 42 heavy (non-hydrogen) atoms. The van der Waals surface area contributed by atoms with Crippen molar-refractivity contribution < 1.29 is 28.9 Å². The van der Waals surface area contributed by atoms with Crippen LogP contribution >= 0.6 is 0 Å². The van der Waals surface area contributed by atoms with Gasteiger partial charge in [0, 0.05) is 44.4 Å². The Kier molecular flexibility index (Phi) is 8.48. The van der Waals surface area contributed by atoms with Gasteiger partial charge in [-0.05, 0) is 45.7 Å². The van der Waals surface area contributed by atoms with Crippen LogP contribution in [0.5, 0.6) is 11.5 Å². The van der Waals surface area contributed by atoms with E-state index in [2.05, 4.69) is 20.2 Å². The SMILES string of the molecule is CC(C)(C)OC(=O)Nc1cnc2ccc(=O)n(CCN3CCC(N(Cc4cc5c(cn4)OCCO5)C(=O)O)CC3)c2c1. The molecule has 0 saturated carbocycles. The normalized spacial score (nSPS) is 15.8. The zero-order chi connectivity index (χ0) is 29.9. The molecule has 2 N–H and O–H groups in total. The summed E-state index contributed by atoms with van der Waals surface area (Å²) in [5.41, 5.74) is 1.46. The van der Waals surface area contributed by atoms with Crippen LogP contribution in [0.3, 0.4) is 0 Å². The van der Waals surface area contributed by atoms with Gasteiger partial charge in [0.2, 0.25) is 0 Å². The highest BCUT2D eigenvalue weighted by molar-refractivity contribution is 5.88. The molecule has 0 spiro atoms. The Morgan fingerprint density at radius 3 is 2.52 bits per heavy atom. The van der Waals surface area contributed by atoms with Gasteiger partial charge in [0.05, 0.1) is 41.4 Å². The maximum Gasteiger partial charge on any atom is 0.412 e. The number of carbonyl (C=O) groups excluding carboxylic acids is 1. The lowest BCUT2D eigenvalue weighted by Gasteiger charge is -2.37. The highest BCUT2D eigenvalue weighted by Crippen LogP contribution is 2.30. The van der Waals surface area contributed by atoms with Crippen molar-refractivity contribution in [3.05, 3.63) is 52.7 Å². The van der Waals surface area contributed by atoms with Crippen LogP contribution in [0.2, 0.25) is 0 Å². The Bertz CT molecular complexity index is 1510. The number of anilines is 1. The Balaban J connectivity index is 1.20. The summed E-state index contributed by atoms with van der Waals surface area (Å²) < 4.78 is 18.1. The molecule has 13 heteroatoms. The van der Waals surface area contributed by atoms with E-state index in [-0.39, 0.29) is 18.1 Å². The molecule has 0 aromatic carbocycles. The summed E-state index contributed by atoms with van der Waals surface area (Å²) in [4.78, 5) is 49.6. The number of nitrogens with one attached hydrogen (secondary N) is 1. The molecule has 0 aliphatic carbocycles. The summed E-state index contributed by atoms with van der Waals surface area (Å²) in [5, 5.41) is 12.6. The molecule has 0 bridgehead atoms. The number of piperidine rings is 1. The van der Waals surface area contributed by atoms with E-state index in [1.54, 1.807) is 49.7 Å². The zero-order valence-electron chi connectivity index (χ0n) is 24.0. The number of fused-ring (bicyclic) bond motifs is 2. The van der Waals surface area contributed by atoms with Crippen molar-refractivity contribution in [1.29, 1.82) is 0 Å². The molecule has 0 unspecified atom stereocenters. The molecule has 3 aromatic rings. The first-order valence-corrected chi connectivity index (χ1v) is 14.0. The molecule has 2 aliphatic rings. The van der Waals surface area contributed by atoms with Crippen molar-refractivity contribution >= 4 is 28.9 Å². The Morgan fingerprint density at radius 2 is 1.81 bits per heavy atom. The average molecular weight is 581 g/mol. The van der Waals surface area contributed by atoms with Crippen LogP contribution in [-0.4, -0.2) is 86.1 Å². The molecule has 13 nitrogen and oxygen atoms in total. The summed E-state index contributed by atoms with van der Waals surface area (Å²) in [6.07, 6.45) is 2.83. The van der Waals surface area contributed by atoms with Crippen LogP contribution in [0.1, 0.15) is 39.3 Å². The van der Waals surface area contributed by atoms with Gasteiger partial charge in [0.15, 0.2) is 11.5 Å². The third-order valence-electron chi connectivity index (χ3n) is 7.19. The highest BCUT2D eigenvalue weighted by Gasteiger charge is 2.29. The first-order chi connectivity index (χ1) is 20.1. The number of hydrogen-bond acceptors (Lipinski definition) is 9. The van der Waals surface area contributed by atoms with Gasteiger partial charge in [-0.1, -0.05) is 0 Å². The van der Waals surface area contributed by atoms with Gasteiger partial charge in [-0.2, -0.15) is 0 Å². The summed E-state index contributed by atoms with van der Waals surface area (Å²) in [6, 6.07) is 6.45. The maximum atomic E-state index is 12.8. The van der Waals surface area contributed by atoms with Crippen molar-refractivity contribution in [1.82, 2.24) is 24.3 Å². The molecular weight excluding hydrogens is 544 g/mol. The minimum Gasteiger partial charge on any atom is -0.486 e. The van der Waals surface area contributed by atoms with Crippen LogP contribution in [0.25, 0.3) is 11.0 Å². The fourth-order valence-corrected chi connectivity index (χ4v) is 5.19. The van der Waals surface area contributed by atoms with Gasteiger partial charge in [-0.15, -0.1) is 0 Å². The highest BCUT2D eigenvalue weighted by atomic mass is 16.6. The van der Waals surface area contributed by atoms with Crippen LogP contribution < -0.4 is 20.3 Å². The van der Waals surface area contributed by atoms with Gasteiger partial charge in [-0.25, -0.2) is 9.59 Å². The number of carboxylic acid groups (broad SMARTS) is 1. The van der Waals surface area contributed by atoms with Gasteiger partial charge in [0.1, 0.15) is 18.8 Å². The molecule has 5 rings (SSSR count). The van der Waals surface area contributed by atoms with Crippen molar-refractivity contribution in [2.45, 2.75) is 58.3 Å². The molecule has 0 radical (unpaired) electrons. The number of ether oxygens (including phenoxy) is 3. The summed E-state index contributed by atoms with van der Waals surface area (Å²) >= 11 is 0. The maximum absolute atomic E-state index is 12.8. The van der Waals surface area contributed by atoms with E-state index in [0.29, 0.717) is 86.1 Å². The minimum absolute atomic E-state index is 0.153. The number of likely N-dealkylation sites (tertiary alicyclic amines) is 1. The number of nitrogens with zero attached hydrogens (tertiary/aromatic N) is 5. The van der Waals surface area contributed by atoms with Gasteiger partial charge in [0.25, 0.3) is 5.56 Å². The molecule has 224 valence electrons. The lowest BCUT2D eigenvalue weighted by Crippen LogP contribution is -2.47. The summed E-state index contributed by atoms with van der Waals surface area (Å²) in [6.45, 7) is 8.81. The number of rotatable bonds is 7. The molecule has 5 heterocycles. The van der Waals surface area contributed by atoms with Crippen LogP contribution in [0, 0.1) is 0 Å². The third kappa shape index (κ3) is 7.08. The number of hydrogen-bond donors (Lipinski definition) is 2. The molecule has 1 fully saturated rings. The van der Waals surface area contributed by atoms with Crippen molar-refractivity contribution in [3.8, 4) is 11.5 Å². The second-order valence-corrected chi connectivity index (χ2v) is 11.4. The van der Waals surface area contributed by atoms with Crippen molar-refractivity contribution in [2.24, 2.45) is 0 Å². The monoisotopic (exact) mass is 580 g/mol. The van der Waals surface area contributed by atoms with E-state index in [0.717, 1.165) is 0 Å². The van der Waals surface area contributed by atoms with Crippen molar-refractivity contribution in [3.63, 3.8) is 0 Å². The van der Waals surface area contributed by atoms with Gasteiger partial charge >= 0.3 is 12.2 Å². The second-order valence-electron chi connectivity index (χ2n) is 11.4. The fraction of sp³-hybridized carbons (Fsp3) is 0.483. The molecule has 2 amide bonds. The van der Waals surface area contributed by atoms with Crippen molar-refractivity contribution in [2.75, 3.05) is 38.2 Å².